The highest BCUT2D eigenvalue weighted by atomic mass is 16.1. The molecule has 4 rings (SSSR count). The topological polar surface area (TPSA) is 55.7 Å². The first-order valence-electron chi connectivity index (χ1n) is 9.00. The zero-order valence-electron chi connectivity index (χ0n) is 14.9. The van der Waals surface area contributed by atoms with Crippen molar-refractivity contribution < 1.29 is 4.79 Å². The molecule has 26 heavy (non-hydrogen) atoms. The van der Waals surface area contributed by atoms with Crippen molar-refractivity contribution >= 4 is 5.78 Å². The van der Waals surface area contributed by atoms with E-state index in [4.69, 9.17) is 0 Å². The van der Waals surface area contributed by atoms with Crippen LogP contribution >= 0.6 is 0 Å². The van der Waals surface area contributed by atoms with Crippen LogP contribution in [0, 0.1) is 0 Å². The first-order chi connectivity index (χ1) is 12.7. The molecule has 0 bridgehead atoms. The molecule has 0 saturated carbocycles. The summed E-state index contributed by atoms with van der Waals surface area (Å²) >= 11 is 0. The van der Waals surface area contributed by atoms with E-state index in [0.717, 1.165) is 30.7 Å². The van der Waals surface area contributed by atoms with E-state index in [1.54, 1.807) is 6.92 Å². The summed E-state index contributed by atoms with van der Waals surface area (Å²) in [4.78, 5) is 25.0. The van der Waals surface area contributed by atoms with Crippen molar-refractivity contribution in [2.45, 2.75) is 38.0 Å². The maximum Gasteiger partial charge on any atom is 0.129 e. The maximum absolute atomic E-state index is 11.5. The minimum absolute atomic E-state index is 0.204. The van der Waals surface area contributed by atoms with Crippen LogP contribution in [-0.2, 0) is 16.6 Å². The Hall–Kier alpha value is -2.88. The SMILES string of the molecule is CC(=O)CCCC1(Cc2ccncc2)c2cccnc2-c2ncccc21. The number of carbonyl (C=O) groups is 1. The van der Waals surface area contributed by atoms with Crippen molar-refractivity contribution in [2.75, 3.05) is 0 Å². The fourth-order valence-electron chi connectivity index (χ4n) is 4.14. The predicted molar refractivity (Wildman–Crippen MR) is 101 cm³/mol. The lowest BCUT2D eigenvalue weighted by atomic mass is 9.70. The fraction of sp³-hybridized carbons (Fsp3) is 0.273. The van der Waals surface area contributed by atoms with Gasteiger partial charge in [0, 0.05) is 36.6 Å². The van der Waals surface area contributed by atoms with E-state index in [1.165, 1.54) is 16.7 Å². The smallest absolute Gasteiger partial charge is 0.129 e. The van der Waals surface area contributed by atoms with E-state index < -0.39 is 0 Å². The summed E-state index contributed by atoms with van der Waals surface area (Å²) in [5, 5.41) is 0. The van der Waals surface area contributed by atoms with Gasteiger partial charge in [-0.1, -0.05) is 12.1 Å². The third kappa shape index (κ3) is 2.81. The van der Waals surface area contributed by atoms with Crippen LogP contribution in [0.4, 0.5) is 0 Å². The molecule has 0 radical (unpaired) electrons. The van der Waals surface area contributed by atoms with Gasteiger partial charge in [0.05, 0.1) is 11.4 Å². The monoisotopic (exact) mass is 343 g/mol. The molecule has 1 aliphatic carbocycles. The second kappa shape index (κ2) is 6.79. The van der Waals surface area contributed by atoms with Gasteiger partial charge in [0.15, 0.2) is 0 Å². The molecule has 0 fully saturated rings. The Morgan fingerprint density at radius 2 is 1.54 bits per heavy atom. The van der Waals surface area contributed by atoms with Gasteiger partial charge in [0.1, 0.15) is 5.78 Å². The Morgan fingerprint density at radius 3 is 2.12 bits per heavy atom. The van der Waals surface area contributed by atoms with Gasteiger partial charge in [-0.2, -0.15) is 0 Å². The summed E-state index contributed by atoms with van der Waals surface area (Å²) in [7, 11) is 0. The van der Waals surface area contributed by atoms with Gasteiger partial charge in [-0.05, 0) is 67.1 Å². The molecular formula is C22H21N3O. The second-order valence-electron chi connectivity index (χ2n) is 6.97. The lowest BCUT2D eigenvalue weighted by molar-refractivity contribution is -0.117. The molecule has 3 heterocycles. The summed E-state index contributed by atoms with van der Waals surface area (Å²) < 4.78 is 0. The Bertz CT molecular complexity index is 891. The normalized spacial score (nSPS) is 13.9. The van der Waals surface area contributed by atoms with Crippen molar-refractivity contribution in [2.24, 2.45) is 0 Å². The van der Waals surface area contributed by atoms with E-state index in [2.05, 4.69) is 39.2 Å². The molecule has 4 nitrogen and oxygen atoms in total. The summed E-state index contributed by atoms with van der Waals surface area (Å²) in [5.74, 6) is 0.236. The number of hydrogen-bond donors (Lipinski definition) is 0. The minimum Gasteiger partial charge on any atom is -0.300 e. The van der Waals surface area contributed by atoms with Crippen molar-refractivity contribution in [3.05, 3.63) is 77.9 Å². The second-order valence-corrected chi connectivity index (χ2v) is 6.97. The third-order valence-corrected chi connectivity index (χ3v) is 5.26. The van der Waals surface area contributed by atoms with Crippen molar-refractivity contribution in [1.29, 1.82) is 0 Å². The molecule has 0 atom stereocenters. The molecule has 0 saturated heterocycles. The standard InChI is InChI=1S/C22H21N3O/c1-16(26)5-2-10-22(15-17-8-13-23-14-9-17)18-6-3-11-24-20(18)21-19(22)7-4-12-25-21/h3-4,6-9,11-14H,2,5,10,15H2,1H3. The lowest BCUT2D eigenvalue weighted by Gasteiger charge is -2.32. The molecule has 0 unspecified atom stereocenters. The molecule has 1 aliphatic rings. The molecule has 4 heteroatoms. The van der Waals surface area contributed by atoms with E-state index in [0.29, 0.717) is 6.42 Å². The molecule has 0 amide bonds. The summed E-state index contributed by atoms with van der Waals surface area (Å²) in [6, 6.07) is 12.5. The third-order valence-electron chi connectivity index (χ3n) is 5.26. The van der Waals surface area contributed by atoms with Gasteiger partial charge in [-0.15, -0.1) is 0 Å². The van der Waals surface area contributed by atoms with Gasteiger partial charge in [0.25, 0.3) is 0 Å². The molecule has 0 aliphatic heterocycles. The van der Waals surface area contributed by atoms with Crippen LogP contribution in [0.15, 0.2) is 61.2 Å². The number of nitrogens with zero attached hydrogens (tertiary/aromatic N) is 3. The van der Waals surface area contributed by atoms with Gasteiger partial charge in [0.2, 0.25) is 0 Å². The number of aromatic nitrogens is 3. The van der Waals surface area contributed by atoms with Gasteiger partial charge >= 0.3 is 0 Å². The average Bonchev–Trinajstić information content (AvgIpc) is 2.93. The van der Waals surface area contributed by atoms with E-state index in [-0.39, 0.29) is 11.2 Å². The van der Waals surface area contributed by atoms with Crippen molar-refractivity contribution in [3.8, 4) is 11.4 Å². The highest BCUT2D eigenvalue weighted by Gasteiger charge is 2.44. The lowest BCUT2D eigenvalue weighted by Crippen LogP contribution is -2.28. The highest BCUT2D eigenvalue weighted by molar-refractivity contribution is 5.76. The zero-order valence-corrected chi connectivity index (χ0v) is 14.9. The number of rotatable bonds is 6. The van der Waals surface area contributed by atoms with Crippen LogP contribution < -0.4 is 0 Å². The molecule has 3 aromatic rings. The van der Waals surface area contributed by atoms with Crippen LogP contribution in [0.1, 0.15) is 42.9 Å². The van der Waals surface area contributed by atoms with Crippen LogP contribution in [0.3, 0.4) is 0 Å². The maximum atomic E-state index is 11.5. The molecule has 0 aromatic carbocycles. The molecule has 3 aromatic heterocycles. The van der Waals surface area contributed by atoms with Crippen molar-refractivity contribution in [3.63, 3.8) is 0 Å². The van der Waals surface area contributed by atoms with E-state index in [1.807, 2.05) is 36.9 Å². The fourth-order valence-corrected chi connectivity index (χ4v) is 4.14. The Kier molecular flexibility index (Phi) is 4.33. The minimum atomic E-state index is -0.204. The Balaban J connectivity index is 1.85. The quantitative estimate of drug-likeness (QED) is 0.675. The molecular weight excluding hydrogens is 322 g/mol. The van der Waals surface area contributed by atoms with Crippen LogP contribution in [-0.4, -0.2) is 20.7 Å². The molecule has 130 valence electrons. The first kappa shape index (κ1) is 16.6. The number of carbonyl (C=O) groups excluding carboxylic acids is 1. The number of pyridine rings is 3. The first-order valence-corrected chi connectivity index (χ1v) is 9.00. The average molecular weight is 343 g/mol. The van der Waals surface area contributed by atoms with E-state index in [9.17, 15) is 4.79 Å². The zero-order chi connectivity index (χ0) is 18.0. The number of Topliss-reactive ketones (excluding diaryl/α,β-unsaturated/α-hetero) is 1. The van der Waals surface area contributed by atoms with Gasteiger partial charge in [-0.3, -0.25) is 15.0 Å². The van der Waals surface area contributed by atoms with Gasteiger partial charge in [-0.25, -0.2) is 0 Å². The highest BCUT2D eigenvalue weighted by Crippen LogP contribution is 2.51. The Morgan fingerprint density at radius 1 is 0.923 bits per heavy atom. The summed E-state index contributed by atoms with van der Waals surface area (Å²) in [6.07, 6.45) is 10.5. The summed E-state index contributed by atoms with van der Waals surface area (Å²) in [5.41, 5.74) is 5.40. The van der Waals surface area contributed by atoms with E-state index >= 15 is 0 Å². The van der Waals surface area contributed by atoms with Gasteiger partial charge < -0.3 is 4.79 Å². The predicted octanol–water partition coefficient (Wildman–Crippen LogP) is 4.14. The van der Waals surface area contributed by atoms with Crippen molar-refractivity contribution in [1.82, 2.24) is 15.0 Å². The molecule has 0 spiro atoms. The number of fused-ring (bicyclic) bond motifs is 3. The van der Waals surface area contributed by atoms with Crippen LogP contribution in [0.25, 0.3) is 11.4 Å². The number of ketones is 1. The van der Waals surface area contributed by atoms with Crippen LogP contribution in [0.2, 0.25) is 0 Å². The summed E-state index contributed by atoms with van der Waals surface area (Å²) in [6.45, 7) is 1.66. The Labute approximate surface area is 153 Å². The number of hydrogen-bond acceptors (Lipinski definition) is 4. The largest absolute Gasteiger partial charge is 0.300 e. The molecule has 0 N–H and O–H groups in total. The van der Waals surface area contributed by atoms with Crippen LogP contribution in [0.5, 0.6) is 0 Å².